The van der Waals surface area contributed by atoms with Crippen molar-refractivity contribution in [2.24, 2.45) is 0 Å². The minimum Gasteiger partial charge on any atom is -1.00 e. The molecule has 0 amide bonds. The Labute approximate surface area is 205 Å². The van der Waals surface area contributed by atoms with Gasteiger partial charge in [-0.3, -0.25) is 12.9 Å². The second-order valence-corrected chi connectivity index (χ2v) is 7.95. The van der Waals surface area contributed by atoms with Crippen molar-refractivity contribution in [2.75, 3.05) is 0 Å². The molecule has 194 valence electrons. The van der Waals surface area contributed by atoms with E-state index >= 15 is 0 Å². The number of benzene rings is 3. The van der Waals surface area contributed by atoms with Crippen LogP contribution in [0.4, 0.5) is 34.9 Å². The van der Waals surface area contributed by atoms with Gasteiger partial charge in [0.2, 0.25) is 41.1 Å². The molecular formula is C24H17BF9N3. The van der Waals surface area contributed by atoms with Gasteiger partial charge in [0.1, 0.15) is 0 Å². The van der Waals surface area contributed by atoms with Crippen molar-refractivity contribution in [3.63, 3.8) is 0 Å². The predicted octanol–water partition coefficient (Wildman–Crippen LogP) is 3.06. The lowest BCUT2D eigenvalue weighted by atomic mass is 9.84. The summed E-state index contributed by atoms with van der Waals surface area (Å²) in [6.07, 6.45) is 2.53. The zero-order valence-electron chi connectivity index (χ0n) is 18.7. The first kappa shape index (κ1) is 27.8. The van der Waals surface area contributed by atoms with E-state index < -0.39 is 42.3 Å². The predicted molar refractivity (Wildman–Crippen MR) is 115 cm³/mol. The monoisotopic (exact) mass is 529 g/mol. The average molecular weight is 529 g/mol. The van der Waals surface area contributed by atoms with Crippen molar-refractivity contribution in [1.29, 1.82) is 0 Å². The molecule has 4 aromatic rings. The Morgan fingerprint density at radius 2 is 1.19 bits per heavy atom. The van der Waals surface area contributed by atoms with Crippen molar-refractivity contribution in [2.45, 2.75) is 24.8 Å². The van der Waals surface area contributed by atoms with E-state index in [1.54, 1.807) is 4.57 Å². The van der Waals surface area contributed by atoms with Crippen LogP contribution in [0.1, 0.15) is 35.3 Å². The third-order valence-electron chi connectivity index (χ3n) is 5.89. The highest BCUT2D eigenvalue weighted by Gasteiger charge is 2.40. The van der Waals surface area contributed by atoms with Crippen molar-refractivity contribution < 1.29 is 44.2 Å². The van der Waals surface area contributed by atoms with Crippen LogP contribution < -0.4 is 9.27 Å². The van der Waals surface area contributed by atoms with Crippen LogP contribution in [0.15, 0.2) is 67.0 Å². The van der Waals surface area contributed by atoms with Gasteiger partial charge in [0.15, 0.2) is 0 Å². The molecule has 1 aliphatic rings. The summed E-state index contributed by atoms with van der Waals surface area (Å²) in [5, 5.41) is 4.16. The molecule has 0 fully saturated rings. The Bertz CT molecular complexity index is 1280. The van der Waals surface area contributed by atoms with E-state index in [9.17, 15) is 34.9 Å². The second-order valence-electron chi connectivity index (χ2n) is 7.95. The van der Waals surface area contributed by atoms with Crippen molar-refractivity contribution in [3.05, 3.63) is 113 Å². The third kappa shape index (κ3) is 5.49. The Kier molecular flexibility index (Phi) is 8.67. The number of hydrogen-bond acceptors (Lipinski definition) is 1. The maximum absolute atomic E-state index is 14.3. The van der Waals surface area contributed by atoms with Gasteiger partial charge in [-0.25, -0.2) is 17.7 Å². The lowest BCUT2D eigenvalue weighted by Crippen LogP contribution is -3.00. The number of aromatic nitrogens is 3. The first-order chi connectivity index (χ1) is 17.2. The molecule has 0 spiro atoms. The number of hydrogen-bond donors (Lipinski definition) is 0. The van der Waals surface area contributed by atoms with E-state index in [0.717, 1.165) is 15.8 Å². The Morgan fingerprint density at radius 3 is 1.65 bits per heavy atom. The fourth-order valence-electron chi connectivity index (χ4n) is 4.45. The summed E-state index contributed by atoms with van der Waals surface area (Å²) >= 11 is 0. The normalized spacial score (nSPS) is 14.0. The molecule has 3 aromatic carbocycles. The smallest absolute Gasteiger partial charge is 0.762 e. The minimum absolute atomic E-state index is 0. The van der Waals surface area contributed by atoms with Gasteiger partial charge in [-0.05, 0) is 17.5 Å². The molecule has 3 nitrogen and oxygen atoms in total. The van der Waals surface area contributed by atoms with Gasteiger partial charge < -0.3 is 4.70 Å². The largest absolute Gasteiger partial charge is 1.00 e. The third-order valence-corrected chi connectivity index (χ3v) is 5.89. The van der Waals surface area contributed by atoms with Crippen LogP contribution in [0.2, 0.25) is 0 Å². The van der Waals surface area contributed by atoms with Crippen LogP contribution in [0.25, 0.3) is 5.69 Å². The second kappa shape index (κ2) is 11.5. The van der Waals surface area contributed by atoms with Crippen LogP contribution in [-0.2, 0) is 6.42 Å². The lowest BCUT2D eigenvalue weighted by molar-refractivity contribution is -0.718. The first-order valence-electron chi connectivity index (χ1n) is 10.7. The van der Waals surface area contributed by atoms with Gasteiger partial charge >= 0.3 is 7.54 Å². The van der Waals surface area contributed by atoms with Crippen LogP contribution in [-0.4, -0.2) is 17.3 Å². The van der Waals surface area contributed by atoms with Gasteiger partial charge in [-0.15, -0.1) is 0 Å². The molecule has 5 rings (SSSR count). The Hall–Kier alpha value is -3.77. The van der Waals surface area contributed by atoms with Crippen molar-refractivity contribution in [1.82, 2.24) is 9.78 Å². The van der Waals surface area contributed by atoms with Crippen LogP contribution >= 0.6 is 0 Å². The van der Waals surface area contributed by atoms with Crippen LogP contribution in [0.5, 0.6) is 0 Å². The zero-order chi connectivity index (χ0) is 26.0. The summed E-state index contributed by atoms with van der Waals surface area (Å²) < 4.78 is 101. The van der Waals surface area contributed by atoms with E-state index in [0.29, 0.717) is 18.7 Å². The van der Waals surface area contributed by atoms with Gasteiger partial charge in [0.05, 0.1) is 6.04 Å². The number of fused-ring (bicyclic) bond motifs is 1. The minimum atomic E-state index is -3.67. The average Bonchev–Trinajstić information content (AvgIpc) is 3.45. The van der Waals surface area contributed by atoms with E-state index in [1.807, 2.05) is 60.7 Å². The summed E-state index contributed by atoms with van der Waals surface area (Å²) in [5.41, 5.74) is 1.01. The summed E-state index contributed by atoms with van der Waals surface area (Å²) in [4.78, 5) is 0. The Morgan fingerprint density at radius 1 is 0.757 bits per heavy atom. The summed E-state index contributed by atoms with van der Waals surface area (Å²) in [6, 6.07) is 19.4. The van der Waals surface area contributed by atoms with E-state index in [4.69, 9.17) is 0 Å². The molecule has 1 aliphatic heterocycles. The summed E-state index contributed by atoms with van der Waals surface area (Å²) in [6.45, 7) is 0. The van der Waals surface area contributed by atoms with E-state index in [-0.39, 0.29) is 16.7 Å². The topological polar surface area (TPSA) is 21.7 Å². The molecule has 1 aromatic heterocycles. The number of aryl methyl sites for hydroxylation is 1. The SMILES string of the molecule is FB(F)F.Fc1c(F)c(F)c(-n2c[n+]3c(n2)CC[C@H]3C(c2ccccc2)c2ccccc2)c(F)c1F.[F-]. The molecular weight excluding hydrogens is 512 g/mol. The molecule has 0 unspecified atom stereocenters. The Balaban J connectivity index is 0.000000711. The van der Waals surface area contributed by atoms with E-state index in [2.05, 4.69) is 5.10 Å². The van der Waals surface area contributed by atoms with Gasteiger partial charge in [0, 0.05) is 17.4 Å². The van der Waals surface area contributed by atoms with Gasteiger partial charge in [-0.1, -0.05) is 65.3 Å². The first-order valence-corrected chi connectivity index (χ1v) is 10.7. The molecule has 0 bridgehead atoms. The summed E-state index contributed by atoms with van der Waals surface area (Å²) in [7, 11) is -3.67. The molecule has 0 saturated carbocycles. The maximum Gasteiger partial charge on any atom is 0.762 e. The highest BCUT2D eigenvalue weighted by atomic mass is 19.4. The fourth-order valence-corrected chi connectivity index (χ4v) is 4.45. The van der Waals surface area contributed by atoms with Crippen molar-refractivity contribution in [3.8, 4) is 5.69 Å². The quantitative estimate of drug-likeness (QED) is 0.131. The standard InChI is InChI=1S/C24H17F5N3.BF3.FH/c25-19-20(26)22(28)24(23(29)21(19)27)32-13-31-16(11-12-17(31)30-32)18(14-7-3-1-4-8-14)15-9-5-2-6-10-15;2-1(3)4;/h1-10,13,16,18H,11-12H2;;1H/q+1;;/p-1/t16-;;/m0../s1. The lowest BCUT2D eigenvalue weighted by Gasteiger charge is -2.23. The van der Waals surface area contributed by atoms with Crippen LogP contribution in [0.3, 0.4) is 0 Å². The molecule has 1 atom stereocenters. The van der Waals surface area contributed by atoms with Gasteiger partial charge in [-0.2, -0.15) is 8.78 Å². The van der Waals surface area contributed by atoms with Crippen molar-refractivity contribution >= 4 is 7.54 Å². The summed E-state index contributed by atoms with van der Waals surface area (Å²) in [5.74, 6) is -9.59. The molecule has 2 heterocycles. The van der Waals surface area contributed by atoms with Crippen LogP contribution in [0, 0.1) is 29.1 Å². The van der Waals surface area contributed by atoms with Gasteiger partial charge in [0.25, 0.3) is 5.82 Å². The molecule has 0 N–H and O–H groups in total. The molecule has 0 radical (unpaired) electrons. The number of rotatable bonds is 4. The highest BCUT2D eigenvalue weighted by Crippen LogP contribution is 2.37. The zero-order valence-corrected chi connectivity index (χ0v) is 18.7. The number of nitrogens with zero attached hydrogens (tertiary/aromatic N) is 3. The fraction of sp³-hybridized carbons (Fsp3) is 0.167. The molecule has 37 heavy (non-hydrogen) atoms. The molecule has 0 saturated heterocycles. The maximum atomic E-state index is 14.3. The molecule has 0 aliphatic carbocycles. The molecule has 13 heteroatoms. The highest BCUT2D eigenvalue weighted by molar-refractivity contribution is 6.33. The van der Waals surface area contributed by atoms with E-state index in [1.165, 1.54) is 6.33 Å². The number of halogens is 9.